The van der Waals surface area contributed by atoms with Gasteiger partial charge < -0.3 is 20.1 Å². The van der Waals surface area contributed by atoms with Crippen LogP contribution in [-0.2, 0) is 14.3 Å². The van der Waals surface area contributed by atoms with Crippen LogP contribution in [0.4, 0.5) is 18.0 Å². The van der Waals surface area contributed by atoms with Gasteiger partial charge in [-0.3, -0.25) is 9.59 Å². The molecule has 0 aromatic carbocycles. The SMILES string of the molecule is COC(=O)CCNC(=O)N1CCC(C(=O)O)(C(F)(F)F)C1. The van der Waals surface area contributed by atoms with Crippen LogP contribution >= 0.6 is 0 Å². The zero-order chi connectivity index (χ0) is 16.3. The molecule has 1 unspecified atom stereocenters. The number of nitrogens with zero attached hydrogens (tertiary/aromatic N) is 1. The van der Waals surface area contributed by atoms with Crippen LogP contribution in [0, 0.1) is 5.41 Å². The first-order valence-electron chi connectivity index (χ1n) is 6.04. The van der Waals surface area contributed by atoms with Crippen LogP contribution in [0.1, 0.15) is 12.8 Å². The Morgan fingerprint density at radius 3 is 2.43 bits per heavy atom. The number of rotatable bonds is 4. The molecule has 0 aromatic heterocycles. The van der Waals surface area contributed by atoms with Crippen LogP contribution in [0.3, 0.4) is 0 Å². The molecular weight excluding hydrogens is 297 g/mol. The third kappa shape index (κ3) is 3.56. The molecule has 1 aliphatic rings. The molecule has 0 radical (unpaired) electrons. The van der Waals surface area contributed by atoms with Crippen molar-refractivity contribution in [3.05, 3.63) is 0 Å². The van der Waals surface area contributed by atoms with Gasteiger partial charge in [0.25, 0.3) is 0 Å². The van der Waals surface area contributed by atoms with E-state index in [0.29, 0.717) is 0 Å². The fourth-order valence-electron chi connectivity index (χ4n) is 2.00. The number of likely N-dealkylation sites (tertiary alicyclic amines) is 1. The van der Waals surface area contributed by atoms with Crippen LogP contribution in [0.15, 0.2) is 0 Å². The van der Waals surface area contributed by atoms with Crippen molar-refractivity contribution in [1.82, 2.24) is 10.2 Å². The number of hydrogen-bond acceptors (Lipinski definition) is 4. The first kappa shape index (κ1) is 17.1. The molecule has 1 heterocycles. The van der Waals surface area contributed by atoms with Crippen molar-refractivity contribution in [2.75, 3.05) is 26.7 Å². The Morgan fingerprint density at radius 2 is 2.00 bits per heavy atom. The van der Waals surface area contributed by atoms with E-state index in [1.807, 2.05) is 0 Å². The topological polar surface area (TPSA) is 95.9 Å². The predicted octanol–water partition coefficient (Wildman–Crippen LogP) is 0.598. The number of carbonyl (C=O) groups is 3. The third-order valence-electron chi connectivity index (χ3n) is 3.34. The molecule has 0 bridgehead atoms. The van der Waals surface area contributed by atoms with Gasteiger partial charge in [-0.15, -0.1) is 0 Å². The van der Waals surface area contributed by atoms with Gasteiger partial charge in [0.1, 0.15) is 0 Å². The number of amides is 2. The number of ether oxygens (including phenoxy) is 1. The largest absolute Gasteiger partial charge is 0.481 e. The van der Waals surface area contributed by atoms with Gasteiger partial charge in [0.05, 0.1) is 13.5 Å². The van der Waals surface area contributed by atoms with E-state index < -0.39 is 42.5 Å². The zero-order valence-electron chi connectivity index (χ0n) is 11.2. The maximum Gasteiger partial charge on any atom is 0.406 e. The number of aliphatic carboxylic acids is 1. The molecule has 2 amide bonds. The second-order valence-electron chi connectivity index (χ2n) is 4.61. The molecule has 1 fully saturated rings. The monoisotopic (exact) mass is 312 g/mol. The number of hydrogen-bond donors (Lipinski definition) is 2. The number of alkyl halides is 3. The Labute approximate surface area is 118 Å². The first-order valence-corrected chi connectivity index (χ1v) is 6.04. The van der Waals surface area contributed by atoms with E-state index in [-0.39, 0.29) is 19.5 Å². The van der Waals surface area contributed by atoms with Gasteiger partial charge in [0.15, 0.2) is 5.41 Å². The number of urea groups is 1. The number of carboxylic acids is 1. The minimum atomic E-state index is -4.94. The number of nitrogens with one attached hydrogen (secondary N) is 1. The van der Waals surface area contributed by atoms with E-state index in [1.54, 1.807) is 0 Å². The number of halogens is 3. The Kier molecular flexibility index (Phi) is 5.02. The molecular formula is C11H15F3N2O5. The van der Waals surface area contributed by atoms with E-state index >= 15 is 0 Å². The lowest BCUT2D eigenvalue weighted by Gasteiger charge is -2.27. The number of methoxy groups -OCH3 is 1. The van der Waals surface area contributed by atoms with Crippen LogP contribution in [0.25, 0.3) is 0 Å². The smallest absolute Gasteiger partial charge is 0.406 e. The van der Waals surface area contributed by atoms with Crippen molar-refractivity contribution < 1.29 is 37.4 Å². The fraction of sp³-hybridized carbons (Fsp3) is 0.727. The lowest BCUT2D eigenvalue weighted by molar-refractivity contribution is -0.227. The summed E-state index contributed by atoms with van der Waals surface area (Å²) in [6, 6.07) is -0.841. The zero-order valence-corrected chi connectivity index (χ0v) is 11.2. The summed E-state index contributed by atoms with van der Waals surface area (Å²) in [6.07, 6.45) is -5.77. The number of carbonyl (C=O) groups excluding carboxylic acids is 2. The average molecular weight is 312 g/mol. The van der Waals surface area contributed by atoms with Crippen molar-refractivity contribution >= 4 is 18.0 Å². The molecule has 21 heavy (non-hydrogen) atoms. The standard InChI is InChI=1S/C11H15F3N2O5/c1-21-7(17)2-4-15-9(20)16-5-3-10(6-16,8(18)19)11(12,13)14/h2-6H2,1H3,(H,15,20)(H,18,19). The van der Waals surface area contributed by atoms with E-state index in [4.69, 9.17) is 5.11 Å². The average Bonchev–Trinajstić information content (AvgIpc) is 2.84. The lowest BCUT2D eigenvalue weighted by Crippen LogP contribution is -2.49. The van der Waals surface area contributed by atoms with Gasteiger partial charge in [0, 0.05) is 19.6 Å². The molecule has 0 aliphatic carbocycles. The lowest BCUT2D eigenvalue weighted by atomic mass is 9.86. The van der Waals surface area contributed by atoms with Gasteiger partial charge in [0.2, 0.25) is 0 Å². The summed E-state index contributed by atoms with van der Waals surface area (Å²) < 4.78 is 43.1. The van der Waals surface area contributed by atoms with Gasteiger partial charge in [-0.1, -0.05) is 0 Å². The molecule has 2 N–H and O–H groups in total. The van der Waals surface area contributed by atoms with Crippen molar-refractivity contribution in [3.63, 3.8) is 0 Å². The maximum atomic E-state index is 12.9. The fourth-order valence-corrected chi connectivity index (χ4v) is 2.00. The van der Waals surface area contributed by atoms with E-state index in [2.05, 4.69) is 10.1 Å². The molecule has 0 saturated carbocycles. The predicted molar refractivity (Wildman–Crippen MR) is 62.3 cm³/mol. The van der Waals surface area contributed by atoms with Crippen LogP contribution in [-0.4, -0.2) is 60.9 Å². The first-order chi connectivity index (χ1) is 9.64. The molecule has 0 spiro atoms. The molecule has 0 aromatic rings. The molecule has 1 rings (SSSR count). The summed E-state index contributed by atoms with van der Waals surface area (Å²) >= 11 is 0. The summed E-state index contributed by atoms with van der Waals surface area (Å²) in [5.41, 5.74) is -2.94. The minimum absolute atomic E-state index is 0.103. The van der Waals surface area contributed by atoms with Crippen LogP contribution < -0.4 is 5.32 Å². The van der Waals surface area contributed by atoms with Gasteiger partial charge in [-0.25, -0.2) is 4.79 Å². The summed E-state index contributed by atoms with van der Waals surface area (Å²) in [7, 11) is 1.16. The molecule has 1 aliphatic heterocycles. The maximum absolute atomic E-state index is 12.9. The highest BCUT2D eigenvalue weighted by Gasteiger charge is 2.64. The van der Waals surface area contributed by atoms with Crippen molar-refractivity contribution in [3.8, 4) is 0 Å². The van der Waals surface area contributed by atoms with Gasteiger partial charge in [-0.05, 0) is 6.42 Å². The number of esters is 1. The molecule has 1 atom stereocenters. The van der Waals surface area contributed by atoms with Crippen LogP contribution in [0.5, 0.6) is 0 Å². The second kappa shape index (κ2) is 6.19. The molecule has 7 nitrogen and oxygen atoms in total. The van der Waals surface area contributed by atoms with Crippen molar-refractivity contribution in [1.29, 1.82) is 0 Å². The highest BCUT2D eigenvalue weighted by molar-refractivity contribution is 5.80. The minimum Gasteiger partial charge on any atom is -0.481 e. The molecule has 10 heteroatoms. The summed E-state index contributed by atoms with van der Waals surface area (Å²) in [5.74, 6) is -2.58. The van der Waals surface area contributed by atoms with Gasteiger partial charge >= 0.3 is 24.1 Å². The Morgan fingerprint density at radius 1 is 1.38 bits per heavy atom. The second-order valence-corrected chi connectivity index (χ2v) is 4.61. The van der Waals surface area contributed by atoms with Crippen molar-refractivity contribution in [2.24, 2.45) is 5.41 Å². The Hall–Kier alpha value is -2.00. The normalized spacial score (nSPS) is 22.0. The van der Waals surface area contributed by atoms with Crippen molar-refractivity contribution in [2.45, 2.75) is 19.0 Å². The summed E-state index contributed by atoms with van der Waals surface area (Å²) in [5, 5.41) is 11.1. The summed E-state index contributed by atoms with van der Waals surface area (Å²) in [6.45, 7) is -1.38. The molecule has 120 valence electrons. The van der Waals surface area contributed by atoms with Crippen LogP contribution in [0.2, 0.25) is 0 Å². The Bertz CT molecular complexity index is 440. The third-order valence-corrected chi connectivity index (χ3v) is 3.34. The van der Waals surface area contributed by atoms with Gasteiger partial charge in [-0.2, -0.15) is 13.2 Å². The number of carboxylic acid groups (broad SMARTS) is 1. The van der Waals surface area contributed by atoms with E-state index in [1.165, 1.54) is 0 Å². The van der Waals surface area contributed by atoms with E-state index in [9.17, 15) is 27.6 Å². The molecule has 1 saturated heterocycles. The quantitative estimate of drug-likeness (QED) is 0.741. The summed E-state index contributed by atoms with van der Waals surface area (Å²) in [4.78, 5) is 34.2. The highest BCUT2D eigenvalue weighted by Crippen LogP contribution is 2.45. The Balaban J connectivity index is 2.62. The van der Waals surface area contributed by atoms with E-state index in [0.717, 1.165) is 12.0 Å². The highest BCUT2D eigenvalue weighted by atomic mass is 19.4.